The van der Waals surface area contributed by atoms with Gasteiger partial charge in [0.1, 0.15) is 17.8 Å². The lowest BCUT2D eigenvalue weighted by molar-refractivity contribution is 0.0646. The van der Waals surface area contributed by atoms with Gasteiger partial charge >= 0.3 is 0 Å². The van der Waals surface area contributed by atoms with Crippen molar-refractivity contribution in [1.82, 2.24) is 9.88 Å². The Morgan fingerprint density at radius 3 is 2.54 bits per heavy atom. The lowest BCUT2D eigenvalue weighted by atomic mass is 9.95. The van der Waals surface area contributed by atoms with E-state index in [9.17, 15) is 9.70 Å². The third kappa shape index (κ3) is 2.73. The number of fused-ring (bicyclic) bond motifs is 1. The number of nitrogens with one attached hydrogen (secondary N) is 1. The van der Waals surface area contributed by atoms with Crippen LogP contribution in [0.4, 0.5) is 11.5 Å². The predicted molar refractivity (Wildman–Crippen MR) is 99.1 cm³/mol. The van der Waals surface area contributed by atoms with Crippen LogP contribution < -0.4 is 9.64 Å². The van der Waals surface area contributed by atoms with Crippen molar-refractivity contribution >= 4 is 17.4 Å². The molecular formula is C19H22N4O3. The van der Waals surface area contributed by atoms with Crippen LogP contribution in [0.2, 0.25) is 0 Å². The van der Waals surface area contributed by atoms with Crippen molar-refractivity contribution in [2.24, 2.45) is 5.18 Å². The molecule has 136 valence electrons. The molecule has 26 heavy (non-hydrogen) atoms. The van der Waals surface area contributed by atoms with Crippen molar-refractivity contribution in [3.8, 4) is 5.75 Å². The summed E-state index contributed by atoms with van der Waals surface area (Å²) in [5, 5.41) is 3.19. The van der Waals surface area contributed by atoms with Crippen molar-refractivity contribution in [2.75, 3.05) is 31.1 Å². The summed E-state index contributed by atoms with van der Waals surface area (Å²) in [6.07, 6.45) is 1.06. The van der Waals surface area contributed by atoms with E-state index in [0.29, 0.717) is 24.6 Å². The Labute approximate surface area is 151 Å². The van der Waals surface area contributed by atoms with Crippen molar-refractivity contribution in [3.63, 3.8) is 0 Å². The van der Waals surface area contributed by atoms with Crippen LogP contribution in [-0.4, -0.2) is 42.0 Å². The maximum atomic E-state index is 12.5. The average Bonchev–Trinajstić information content (AvgIpc) is 3.04. The molecule has 1 fully saturated rings. The molecule has 2 aliphatic heterocycles. The van der Waals surface area contributed by atoms with Crippen molar-refractivity contribution in [2.45, 2.75) is 25.8 Å². The first-order valence-corrected chi connectivity index (χ1v) is 8.87. The number of nitroso groups, excluding NO2 is 1. The van der Waals surface area contributed by atoms with Gasteiger partial charge in [0.2, 0.25) is 0 Å². The van der Waals surface area contributed by atoms with Gasteiger partial charge in [-0.15, -0.1) is 4.91 Å². The fourth-order valence-corrected chi connectivity index (χ4v) is 3.26. The molecule has 4 rings (SSSR count). The zero-order valence-electron chi connectivity index (χ0n) is 15.0. The van der Waals surface area contributed by atoms with Gasteiger partial charge in [-0.25, -0.2) is 0 Å². The molecular weight excluding hydrogens is 332 g/mol. The molecule has 0 unspecified atom stereocenters. The predicted octanol–water partition coefficient (Wildman–Crippen LogP) is 3.39. The lowest BCUT2D eigenvalue weighted by Gasteiger charge is -2.30. The third-order valence-electron chi connectivity index (χ3n) is 5.09. The number of aromatic nitrogens is 1. The molecule has 1 aromatic carbocycles. The van der Waals surface area contributed by atoms with Crippen LogP contribution in [0.5, 0.6) is 5.75 Å². The number of rotatable bonds is 4. The first-order valence-electron chi connectivity index (χ1n) is 8.87. The average molecular weight is 354 g/mol. The summed E-state index contributed by atoms with van der Waals surface area (Å²) in [6, 6.07) is 9.56. The van der Waals surface area contributed by atoms with Gasteiger partial charge in [0, 0.05) is 24.8 Å². The minimum Gasteiger partial charge on any atom is -0.488 e. The van der Waals surface area contributed by atoms with Gasteiger partial charge < -0.3 is 19.5 Å². The Kier molecular flexibility index (Phi) is 3.94. The van der Waals surface area contributed by atoms with Gasteiger partial charge in [-0.3, -0.25) is 4.79 Å². The summed E-state index contributed by atoms with van der Waals surface area (Å²) in [7, 11) is 0. The van der Waals surface area contributed by atoms with Gasteiger partial charge in [-0.05, 0) is 38.0 Å². The summed E-state index contributed by atoms with van der Waals surface area (Å²) in [5.74, 6) is 1.50. The zero-order valence-corrected chi connectivity index (χ0v) is 15.0. The van der Waals surface area contributed by atoms with Crippen LogP contribution in [0.3, 0.4) is 0 Å². The number of hydrogen-bond donors (Lipinski definition) is 1. The number of nitrogens with zero attached hydrogens (tertiary/aromatic N) is 3. The first kappa shape index (κ1) is 16.6. The summed E-state index contributed by atoms with van der Waals surface area (Å²) in [4.78, 5) is 30.6. The number of ether oxygens (including phenoxy) is 1. The number of aromatic amines is 1. The molecule has 0 radical (unpaired) electrons. The SMILES string of the molecule is CC(C)(N=O)c1ccc(N2CCOc3cc(C(=O)N4CCC4)[nH]c32)cc1. The molecule has 2 aromatic rings. The van der Waals surface area contributed by atoms with E-state index < -0.39 is 5.54 Å². The lowest BCUT2D eigenvalue weighted by Crippen LogP contribution is -2.42. The van der Waals surface area contributed by atoms with Crippen LogP contribution in [0.1, 0.15) is 36.3 Å². The molecule has 0 aliphatic carbocycles. The second-order valence-corrected chi connectivity index (χ2v) is 7.24. The number of hydrogen-bond acceptors (Lipinski definition) is 5. The monoisotopic (exact) mass is 354 g/mol. The highest BCUT2D eigenvalue weighted by Gasteiger charge is 2.28. The van der Waals surface area contributed by atoms with E-state index in [2.05, 4.69) is 15.1 Å². The molecule has 0 saturated carbocycles. The minimum absolute atomic E-state index is 0.0170. The number of carbonyl (C=O) groups excluding carboxylic acids is 1. The van der Waals surface area contributed by atoms with Crippen LogP contribution in [0.25, 0.3) is 0 Å². The Bertz CT molecular complexity index is 837. The first-order chi connectivity index (χ1) is 12.5. The van der Waals surface area contributed by atoms with E-state index in [0.717, 1.165) is 36.6 Å². The maximum absolute atomic E-state index is 12.5. The second-order valence-electron chi connectivity index (χ2n) is 7.24. The van der Waals surface area contributed by atoms with Crippen molar-refractivity contribution < 1.29 is 9.53 Å². The van der Waals surface area contributed by atoms with E-state index in [1.807, 2.05) is 29.2 Å². The number of anilines is 2. The van der Waals surface area contributed by atoms with Crippen molar-refractivity contribution in [1.29, 1.82) is 0 Å². The van der Waals surface area contributed by atoms with Gasteiger partial charge in [0.25, 0.3) is 5.91 Å². The summed E-state index contributed by atoms with van der Waals surface area (Å²) < 4.78 is 5.73. The van der Waals surface area contributed by atoms with Gasteiger partial charge in [-0.1, -0.05) is 17.3 Å². The Balaban J connectivity index is 1.62. The van der Waals surface area contributed by atoms with Crippen LogP contribution >= 0.6 is 0 Å². The smallest absolute Gasteiger partial charge is 0.270 e. The molecule has 3 heterocycles. The second kappa shape index (κ2) is 6.16. The molecule has 0 atom stereocenters. The maximum Gasteiger partial charge on any atom is 0.270 e. The molecule has 1 amide bonds. The molecule has 2 aliphatic rings. The molecule has 1 saturated heterocycles. The fraction of sp³-hybridized carbons (Fsp3) is 0.421. The molecule has 7 heteroatoms. The number of likely N-dealkylation sites (tertiary alicyclic amines) is 1. The highest BCUT2D eigenvalue weighted by atomic mass is 16.5. The largest absolute Gasteiger partial charge is 0.488 e. The standard InChI is InChI=1S/C19H22N4O3/c1-19(2,21-25)13-4-6-14(7-5-13)23-10-11-26-16-12-15(20-17(16)23)18(24)22-8-3-9-22/h4-7,12,20H,3,8-11H2,1-2H3. The molecule has 1 aromatic heterocycles. The van der Waals surface area contributed by atoms with Crippen LogP contribution in [-0.2, 0) is 5.54 Å². The summed E-state index contributed by atoms with van der Waals surface area (Å²) in [6.45, 7) is 6.44. The number of carbonyl (C=O) groups is 1. The minimum atomic E-state index is -0.752. The zero-order chi connectivity index (χ0) is 18.3. The Morgan fingerprint density at radius 1 is 1.19 bits per heavy atom. The van der Waals surface area contributed by atoms with Gasteiger partial charge in [-0.2, -0.15) is 0 Å². The normalized spacial score (nSPS) is 16.5. The third-order valence-corrected chi connectivity index (χ3v) is 5.09. The van der Waals surface area contributed by atoms with E-state index in [-0.39, 0.29) is 5.91 Å². The number of H-pyrrole nitrogens is 1. The van der Waals surface area contributed by atoms with Crippen LogP contribution in [0.15, 0.2) is 35.5 Å². The van der Waals surface area contributed by atoms with Crippen molar-refractivity contribution in [3.05, 3.63) is 46.5 Å². The molecule has 0 bridgehead atoms. The van der Waals surface area contributed by atoms with E-state index >= 15 is 0 Å². The summed E-state index contributed by atoms with van der Waals surface area (Å²) in [5.41, 5.74) is 1.65. The highest BCUT2D eigenvalue weighted by Crippen LogP contribution is 2.38. The topological polar surface area (TPSA) is 78.0 Å². The van der Waals surface area contributed by atoms with E-state index in [1.165, 1.54) is 0 Å². The summed E-state index contributed by atoms with van der Waals surface area (Å²) >= 11 is 0. The van der Waals surface area contributed by atoms with Crippen LogP contribution in [0, 0.1) is 4.91 Å². The fourth-order valence-electron chi connectivity index (χ4n) is 3.26. The molecule has 0 spiro atoms. The Hall–Kier alpha value is -2.83. The van der Waals surface area contributed by atoms with Gasteiger partial charge in [0.15, 0.2) is 11.6 Å². The molecule has 1 N–H and O–H groups in total. The van der Waals surface area contributed by atoms with E-state index in [1.54, 1.807) is 19.9 Å². The van der Waals surface area contributed by atoms with Gasteiger partial charge in [0.05, 0.1) is 6.54 Å². The highest BCUT2D eigenvalue weighted by molar-refractivity contribution is 5.95. The Morgan fingerprint density at radius 2 is 1.92 bits per heavy atom. The molecule has 7 nitrogen and oxygen atoms in total. The quantitative estimate of drug-likeness (QED) is 0.854. The number of benzene rings is 1. The number of amides is 1. The van der Waals surface area contributed by atoms with E-state index in [4.69, 9.17) is 4.74 Å².